The molecule has 3 aliphatic heterocycles. The van der Waals surface area contributed by atoms with Crippen molar-refractivity contribution in [3.05, 3.63) is 59.0 Å². The van der Waals surface area contributed by atoms with E-state index in [1.54, 1.807) is 18.3 Å². The van der Waals surface area contributed by atoms with Gasteiger partial charge in [0.05, 0.1) is 12.2 Å². The summed E-state index contributed by atoms with van der Waals surface area (Å²) in [6, 6.07) is 11.2. The van der Waals surface area contributed by atoms with Gasteiger partial charge in [0.25, 0.3) is 5.91 Å². The van der Waals surface area contributed by atoms with Crippen molar-refractivity contribution in [2.24, 2.45) is 5.41 Å². The number of pyridine rings is 1. The van der Waals surface area contributed by atoms with Gasteiger partial charge in [0.15, 0.2) is 5.82 Å². The van der Waals surface area contributed by atoms with Gasteiger partial charge in [0.1, 0.15) is 5.82 Å². The number of carbonyl (C=O) groups excluding carboxylic acids is 1. The summed E-state index contributed by atoms with van der Waals surface area (Å²) in [5.41, 5.74) is 1.61. The normalized spacial score (nSPS) is 18.5. The van der Waals surface area contributed by atoms with Gasteiger partial charge < -0.3 is 14.7 Å². The van der Waals surface area contributed by atoms with Crippen LogP contribution in [-0.4, -0.2) is 63.2 Å². The van der Waals surface area contributed by atoms with Crippen LogP contribution in [0.25, 0.3) is 5.69 Å². The van der Waals surface area contributed by atoms with E-state index in [4.69, 9.17) is 11.6 Å². The molecule has 11 heteroatoms. The van der Waals surface area contributed by atoms with Crippen LogP contribution in [0, 0.1) is 5.41 Å². The SMILES string of the molecule is O=C(C(F)F)N1Cc2cc(Cl)ccc2-n2c(nnc2N2CC3(CN(c4ccccn4)C3)C2)C1. The third-order valence-corrected chi connectivity index (χ3v) is 6.78. The zero-order valence-electron chi connectivity index (χ0n) is 17.5. The fourth-order valence-electron chi connectivity index (χ4n) is 5.06. The number of rotatable bonds is 3. The summed E-state index contributed by atoms with van der Waals surface area (Å²) >= 11 is 6.18. The Hall–Kier alpha value is -3.27. The Kier molecular flexibility index (Phi) is 4.55. The number of hydrogen-bond donors (Lipinski definition) is 0. The zero-order chi connectivity index (χ0) is 22.7. The van der Waals surface area contributed by atoms with Crippen molar-refractivity contribution < 1.29 is 13.6 Å². The summed E-state index contributed by atoms with van der Waals surface area (Å²) in [7, 11) is 0. The molecular weight excluding hydrogens is 452 g/mol. The number of alkyl halides is 2. The van der Waals surface area contributed by atoms with Crippen LogP contribution in [0.5, 0.6) is 0 Å². The number of benzene rings is 1. The number of anilines is 2. The van der Waals surface area contributed by atoms with Crippen LogP contribution in [0.4, 0.5) is 20.5 Å². The van der Waals surface area contributed by atoms with Gasteiger partial charge in [0, 0.05) is 49.4 Å². The molecule has 0 saturated carbocycles. The molecular formula is C22H20ClF2N7O. The van der Waals surface area contributed by atoms with E-state index in [1.807, 2.05) is 28.8 Å². The summed E-state index contributed by atoms with van der Waals surface area (Å²) in [5, 5.41) is 9.12. The minimum absolute atomic E-state index is 0.0326. The molecule has 33 heavy (non-hydrogen) atoms. The summed E-state index contributed by atoms with van der Waals surface area (Å²) in [6.07, 6.45) is -1.29. The van der Waals surface area contributed by atoms with E-state index in [9.17, 15) is 13.6 Å². The van der Waals surface area contributed by atoms with E-state index in [0.717, 1.165) is 42.6 Å². The highest BCUT2D eigenvalue weighted by molar-refractivity contribution is 6.30. The predicted molar refractivity (Wildman–Crippen MR) is 118 cm³/mol. The summed E-state index contributed by atoms with van der Waals surface area (Å²) in [4.78, 5) is 22.0. The molecule has 0 N–H and O–H groups in total. The number of halogens is 3. The van der Waals surface area contributed by atoms with Crippen molar-refractivity contribution in [3.63, 3.8) is 0 Å². The molecule has 1 spiro atoms. The largest absolute Gasteiger partial charge is 0.355 e. The van der Waals surface area contributed by atoms with Crippen molar-refractivity contribution in [2.45, 2.75) is 19.5 Å². The molecule has 170 valence electrons. The van der Waals surface area contributed by atoms with E-state index in [0.29, 0.717) is 22.4 Å². The molecule has 0 unspecified atom stereocenters. The Morgan fingerprint density at radius 2 is 1.82 bits per heavy atom. The van der Waals surface area contributed by atoms with Gasteiger partial charge in [-0.2, -0.15) is 8.78 Å². The monoisotopic (exact) mass is 471 g/mol. The highest BCUT2D eigenvalue weighted by Crippen LogP contribution is 2.44. The second-order valence-corrected chi connectivity index (χ2v) is 9.36. The maximum atomic E-state index is 13.2. The number of amides is 1. The molecule has 0 bridgehead atoms. The molecule has 0 atom stereocenters. The van der Waals surface area contributed by atoms with E-state index >= 15 is 0 Å². The Bertz CT molecular complexity index is 1220. The van der Waals surface area contributed by atoms with E-state index in [1.165, 1.54) is 0 Å². The average molecular weight is 472 g/mol. The van der Waals surface area contributed by atoms with Crippen LogP contribution in [0.1, 0.15) is 11.4 Å². The van der Waals surface area contributed by atoms with Gasteiger partial charge in [-0.3, -0.25) is 9.36 Å². The molecule has 0 radical (unpaired) electrons. The minimum atomic E-state index is -3.09. The fraction of sp³-hybridized carbons (Fsp3) is 0.364. The second kappa shape index (κ2) is 7.38. The first-order chi connectivity index (χ1) is 15.9. The zero-order valence-corrected chi connectivity index (χ0v) is 18.3. The molecule has 2 aromatic heterocycles. The number of hydrogen-bond acceptors (Lipinski definition) is 6. The lowest BCUT2D eigenvalue weighted by Crippen LogP contribution is -2.73. The first kappa shape index (κ1) is 20.3. The fourth-order valence-corrected chi connectivity index (χ4v) is 5.25. The predicted octanol–water partition coefficient (Wildman–Crippen LogP) is 2.75. The van der Waals surface area contributed by atoms with Gasteiger partial charge >= 0.3 is 6.43 Å². The number of nitrogens with zero attached hydrogens (tertiary/aromatic N) is 7. The van der Waals surface area contributed by atoms with E-state index < -0.39 is 12.3 Å². The van der Waals surface area contributed by atoms with Crippen molar-refractivity contribution in [3.8, 4) is 5.69 Å². The van der Waals surface area contributed by atoms with Crippen molar-refractivity contribution >= 4 is 29.3 Å². The number of fused-ring (bicyclic) bond motifs is 3. The first-order valence-electron chi connectivity index (χ1n) is 10.6. The lowest BCUT2D eigenvalue weighted by molar-refractivity contribution is -0.144. The standard InChI is InChI=1S/C22H20ClF2N7O/c23-15-4-5-16-14(7-15)8-29(20(33)19(24)25)9-18-27-28-21(32(16)18)31-12-22(13-31)10-30(11-22)17-3-1-2-6-26-17/h1-7,19H,8-13H2. The molecule has 1 amide bonds. The molecule has 2 fully saturated rings. The lowest BCUT2D eigenvalue weighted by atomic mass is 9.73. The van der Waals surface area contributed by atoms with Crippen LogP contribution >= 0.6 is 11.6 Å². The summed E-state index contributed by atoms with van der Waals surface area (Å²) < 4.78 is 28.2. The highest BCUT2D eigenvalue weighted by Gasteiger charge is 2.53. The molecule has 1 aromatic carbocycles. The first-order valence-corrected chi connectivity index (χ1v) is 11.0. The average Bonchev–Trinajstić information content (AvgIpc) is 3.07. The second-order valence-electron chi connectivity index (χ2n) is 8.92. The molecule has 5 heterocycles. The number of aromatic nitrogens is 4. The molecule has 3 aliphatic rings. The molecule has 3 aromatic rings. The Morgan fingerprint density at radius 3 is 2.55 bits per heavy atom. The maximum absolute atomic E-state index is 13.2. The van der Waals surface area contributed by atoms with Crippen LogP contribution < -0.4 is 9.80 Å². The third-order valence-electron chi connectivity index (χ3n) is 6.55. The van der Waals surface area contributed by atoms with Gasteiger partial charge in [-0.05, 0) is 35.9 Å². The lowest BCUT2D eigenvalue weighted by Gasteiger charge is -2.60. The Labute approximate surface area is 193 Å². The van der Waals surface area contributed by atoms with Crippen LogP contribution in [0.3, 0.4) is 0 Å². The maximum Gasteiger partial charge on any atom is 0.315 e. The van der Waals surface area contributed by atoms with Crippen molar-refractivity contribution in [1.82, 2.24) is 24.6 Å². The van der Waals surface area contributed by atoms with Gasteiger partial charge in [-0.1, -0.05) is 17.7 Å². The van der Waals surface area contributed by atoms with Crippen molar-refractivity contribution in [2.75, 3.05) is 36.0 Å². The van der Waals surface area contributed by atoms with Crippen molar-refractivity contribution in [1.29, 1.82) is 0 Å². The minimum Gasteiger partial charge on any atom is -0.355 e. The Balaban J connectivity index is 1.27. The van der Waals surface area contributed by atoms with E-state index in [2.05, 4.69) is 25.0 Å². The Morgan fingerprint density at radius 1 is 1.03 bits per heavy atom. The van der Waals surface area contributed by atoms with Crippen LogP contribution in [0.2, 0.25) is 5.02 Å². The topological polar surface area (TPSA) is 70.4 Å². The van der Waals surface area contributed by atoms with Gasteiger partial charge in [-0.15, -0.1) is 10.2 Å². The molecule has 6 rings (SSSR count). The van der Waals surface area contributed by atoms with Gasteiger partial charge in [-0.25, -0.2) is 4.98 Å². The van der Waals surface area contributed by atoms with E-state index in [-0.39, 0.29) is 18.5 Å². The third kappa shape index (κ3) is 3.31. The molecule has 2 saturated heterocycles. The summed E-state index contributed by atoms with van der Waals surface area (Å²) in [6.45, 7) is 3.46. The highest BCUT2D eigenvalue weighted by atomic mass is 35.5. The quantitative estimate of drug-likeness (QED) is 0.585. The van der Waals surface area contributed by atoms with Gasteiger partial charge in [0.2, 0.25) is 5.95 Å². The molecule has 8 nitrogen and oxygen atoms in total. The van der Waals surface area contributed by atoms with Crippen LogP contribution in [-0.2, 0) is 17.9 Å². The van der Waals surface area contributed by atoms with Crippen LogP contribution in [0.15, 0.2) is 42.6 Å². The summed E-state index contributed by atoms with van der Waals surface area (Å²) in [5.74, 6) is 0.852. The molecule has 0 aliphatic carbocycles. The smallest absolute Gasteiger partial charge is 0.315 e. The number of carbonyl (C=O) groups is 1.